The molecule has 0 spiro atoms. The van der Waals surface area contributed by atoms with E-state index in [0.29, 0.717) is 0 Å². The van der Waals surface area contributed by atoms with Crippen molar-refractivity contribution in [3.8, 4) is 0 Å². The minimum Gasteiger partial charge on any atom is -0.672 e. The summed E-state index contributed by atoms with van der Waals surface area (Å²) in [5.74, 6) is 0. The average molecular weight is 436 g/mol. The van der Waals surface area contributed by atoms with E-state index in [9.17, 15) is 0 Å². The van der Waals surface area contributed by atoms with E-state index in [1.807, 2.05) is 60.7 Å². The first-order chi connectivity index (χ1) is 7.79. The first-order valence-corrected chi connectivity index (χ1v) is 5.31. The Hall–Kier alpha value is -1.03. The summed E-state index contributed by atoms with van der Waals surface area (Å²) in [5, 5.41) is 0. The molecule has 0 heterocycles. The monoisotopic (exact) mass is 436 g/mol. The number of hydrogen-bond acceptors (Lipinski definition) is 0. The van der Waals surface area contributed by atoms with Gasteiger partial charge in [-0.15, -0.1) is 12.1 Å². The Morgan fingerprint density at radius 3 is 1.16 bits per heavy atom. The second kappa shape index (κ2) is 9.84. The summed E-state index contributed by atoms with van der Waals surface area (Å²) in [5.41, 5.74) is 17.9. The molecule has 0 radical (unpaired) electrons. The van der Waals surface area contributed by atoms with Crippen molar-refractivity contribution in [3.05, 3.63) is 90.7 Å². The molecule has 0 amide bonds. The van der Waals surface area contributed by atoms with E-state index in [0.717, 1.165) is 11.1 Å². The van der Waals surface area contributed by atoms with Gasteiger partial charge < -0.3 is 24.4 Å². The van der Waals surface area contributed by atoms with Gasteiger partial charge in [-0.2, -0.15) is 0 Å². The topological polar surface area (TPSA) is 79.1 Å². The van der Waals surface area contributed by atoms with Crippen LogP contribution in [-0.2, 0) is 20.1 Å². The van der Waals surface area contributed by atoms with Crippen LogP contribution < -0.4 is 0 Å². The van der Waals surface area contributed by atoms with Crippen LogP contribution in [0.4, 0.5) is 0 Å². The Balaban J connectivity index is 0. The van der Waals surface area contributed by atoms with Crippen molar-refractivity contribution >= 4 is 0 Å². The van der Waals surface area contributed by atoms with Crippen LogP contribution in [0.1, 0.15) is 23.2 Å². The Morgan fingerprint density at radius 2 is 0.895 bits per heavy atom. The minimum atomic E-state index is -0.524. The van der Waals surface area contributed by atoms with E-state index in [1.54, 1.807) is 0 Å². The van der Waals surface area contributed by atoms with Crippen LogP contribution in [0.2, 0.25) is 0 Å². The average Bonchev–Trinajstić information content (AvgIpc) is 2.39. The van der Waals surface area contributed by atoms with Crippen LogP contribution in [0.15, 0.2) is 60.7 Å². The summed E-state index contributed by atoms with van der Waals surface area (Å²) in [6.07, 6.45) is 0. The maximum Gasteiger partial charge on any atom is 3.00 e. The quantitative estimate of drug-likeness (QED) is 0.648. The van der Waals surface area contributed by atoms with E-state index < -0.39 is 12.1 Å². The van der Waals surface area contributed by atoms with Gasteiger partial charge in [-0.1, -0.05) is 71.8 Å². The number of hydrogen-bond donors (Lipinski definition) is 0. The van der Waals surface area contributed by atoms with Crippen LogP contribution in [0.5, 0.6) is 0 Å². The van der Waals surface area contributed by atoms with Gasteiger partial charge in [0.2, 0.25) is 0 Å². The van der Waals surface area contributed by atoms with Gasteiger partial charge in [0.25, 0.3) is 0 Å². The zero-order chi connectivity index (χ0) is 11.4. The van der Waals surface area contributed by atoms with Gasteiger partial charge in [0.15, 0.2) is 0 Å². The minimum absolute atomic E-state index is 0. The maximum absolute atomic E-state index is 8.07. The zero-order valence-electron chi connectivity index (χ0n) is 10.8. The molecule has 0 saturated carbocycles. The van der Waals surface area contributed by atoms with Crippen molar-refractivity contribution in [2.24, 2.45) is 0 Å². The molecular weight excluding hydrogens is 416 g/mol. The van der Waals surface area contributed by atoms with Crippen molar-refractivity contribution in [2.45, 2.75) is 12.1 Å². The van der Waals surface area contributed by atoms with E-state index in [1.165, 1.54) is 0 Å². The van der Waals surface area contributed by atoms with Crippen molar-refractivity contribution in [1.29, 1.82) is 0 Å². The van der Waals surface area contributed by atoms with Gasteiger partial charge in [-0.25, -0.2) is 0 Å². The van der Waals surface area contributed by atoms with E-state index in [2.05, 4.69) is 0 Å². The molecule has 2 atom stereocenters. The van der Waals surface area contributed by atoms with Gasteiger partial charge >= 0.3 is 20.1 Å². The van der Waals surface area contributed by atoms with Crippen LogP contribution in [0.3, 0.4) is 0 Å². The molecule has 2 aromatic rings. The summed E-state index contributed by atoms with van der Waals surface area (Å²) in [6.45, 7) is 0. The van der Waals surface area contributed by atoms with Gasteiger partial charge in [0, 0.05) is 0 Å². The van der Waals surface area contributed by atoms with Crippen molar-refractivity contribution in [2.75, 3.05) is 0 Å². The van der Waals surface area contributed by atoms with Gasteiger partial charge in [0.05, 0.1) is 0 Å². The molecule has 0 bridgehead atoms. The fourth-order valence-corrected chi connectivity index (χ4v) is 1.71. The van der Waals surface area contributed by atoms with Gasteiger partial charge in [0.1, 0.15) is 0 Å². The largest absolute Gasteiger partial charge is 3.00 e. The van der Waals surface area contributed by atoms with E-state index >= 15 is 0 Å². The van der Waals surface area contributed by atoms with Gasteiger partial charge in [-0.05, 0) is 0 Å². The third-order valence-corrected chi connectivity index (χ3v) is 2.65. The van der Waals surface area contributed by atoms with Crippen LogP contribution in [0.25, 0.3) is 11.5 Å². The molecule has 19 heavy (non-hydrogen) atoms. The Bertz CT molecular complexity index is 393. The van der Waals surface area contributed by atoms with Gasteiger partial charge in [-0.3, -0.25) is 0 Å². The molecule has 104 valence electrons. The molecule has 0 unspecified atom stereocenters. The molecule has 0 aliphatic rings. The predicted octanol–water partition coefficient (Wildman–Crippen LogP) is 4.20. The van der Waals surface area contributed by atoms with E-state index in [-0.39, 0.29) is 33.0 Å². The summed E-state index contributed by atoms with van der Waals surface area (Å²) >= 11 is 0. The molecule has 0 aliphatic heterocycles. The first-order valence-electron chi connectivity index (χ1n) is 5.31. The molecule has 2 rings (SSSR count). The summed E-state index contributed by atoms with van der Waals surface area (Å²) in [4.78, 5) is 0. The third-order valence-electron chi connectivity index (χ3n) is 2.65. The molecule has 4 N–H and O–H groups in total. The first kappa shape index (κ1) is 20.3. The predicted molar refractivity (Wildman–Crippen MR) is 77.0 cm³/mol. The molecule has 0 saturated heterocycles. The van der Waals surface area contributed by atoms with E-state index in [4.69, 9.17) is 11.5 Å². The standard InChI is InChI=1S/C14H14N2.CH3.Ir.H2O/c15-13(11-7-3-1-4-8-11)14(16)12-9-5-2-6-10-12;;;/h1-10,13-16H;1H3;;1H2/q-2;-1;+3;/t13-,14-;;;/m1.../s1. The summed E-state index contributed by atoms with van der Waals surface area (Å²) in [7, 11) is 0. The second-order valence-electron chi connectivity index (χ2n) is 3.78. The third kappa shape index (κ3) is 5.23. The smallest absolute Gasteiger partial charge is 0.672 e. The molecule has 0 fully saturated rings. The van der Waals surface area contributed by atoms with Crippen LogP contribution in [-0.4, -0.2) is 5.48 Å². The normalized spacial score (nSPS) is 12.1. The fraction of sp³-hybridized carbons (Fsp3) is 0.133. The number of nitrogens with one attached hydrogen (secondary N) is 2. The molecular formula is C15H19IrN2O. The Morgan fingerprint density at radius 1 is 0.632 bits per heavy atom. The zero-order valence-corrected chi connectivity index (χ0v) is 13.2. The Labute approximate surface area is 128 Å². The molecule has 4 heteroatoms. The van der Waals surface area contributed by atoms with Crippen molar-refractivity contribution in [3.63, 3.8) is 0 Å². The second-order valence-corrected chi connectivity index (χ2v) is 3.78. The molecule has 2 aromatic carbocycles. The van der Waals surface area contributed by atoms with Crippen LogP contribution >= 0.6 is 0 Å². The van der Waals surface area contributed by atoms with Crippen molar-refractivity contribution < 1.29 is 25.6 Å². The Kier molecular flexibility index (Phi) is 10.5. The fourth-order valence-electron chi connectivity index (χ4n) is 1.71. The molecule has 0 aliphatic carbocycles. The maximum atomic E-state index is 8.07. The SMILES string of the molecule is O.[CH3-].[Ir+3].[NH-][C@H](c1ccccc1)[C@H]([NH-])c1ccccc1. The summed E-state index contributed by atoms with van der Waals surface area (Å²) < 4.78 is 0. The molecule has 3 nitrogen and oxygen atoms in total. The number of rotatable bonds is 3. The summed E-state index contributed by atoms with van der Waals surface area (Å²) in [6, 6.07) is 18.1. The number of benzene rings is 2. The van der Waals surface area contributed by atoms with Crippen molar-refractivity contribution in [1.82, 2.24) is 0 Å². The van der Waals surface area contributed by atoms with Crippen LogP contribution in [0, 0.1) is 7.43 Å². The molecule has 0 aromatic heterocycles.